The smallest absolute Gasteiger partial charge is 0.261 e. The van der Waals surface area contributed by atoms with Gasteiger partial charge in [0.2, 0.25) is 11.9 Å². The Morgan fingerprint density at radius 1 is 1.05 bits per heavy atom. The Morgan fingerprint density at radius 2 is 1.79 bits per heavy atom. The molecule has 1 heterocycles. The number of likely N-dealkylation sites (N-methyl/N-ethyl adjacent to an activating group) is 2. The molecule has 3 rings (SSSR count). The fourth-order valence-corrected chi connectivity index (χ4v) is 3.92. The monoisotopic (exact) mass is 554 g/mol. The van der Waals surface area contributed by atoms with Crippen molar-refractivity contribution in [2.24, 2.45) is 0 Å². The summed E-state index contributed by atoms with van der Waals surface area (Å²) in [5, 5.41) is 9.20. The Labute approximate surface area is 231 Å². The molecule has 0 saturated heterocycles. The summed E-state index contributed by atoms with van der Waals surface area (Å²) in [7, 11) is 9.00. The maximum Gasteiger partial charge on any atom is 0.261 e. The Hall–Kier alpha value is -4.20. The third-order valence-electron chi connectivity index (χ3n) is 5.70. The average molecular weight is 555 g/mol. The molecule has 208 valence electrons. The number of ether oxygens (including phenoxy) is 1. The quantitative estimate of drug-likeness (QED) is 0.183. The van der Waals surface area contributed by atoms with Gasteiger partial charge in [-0.3, -0.25) is 13.7 Å². The number of benzene rings is 2. The van der Waals surface area contributed by atoms with Crippen LogP contribution in [0.5, 0.6) is 5.75 Å². The summed E-state index contributed by atoms with van der Waals surface area (Å²) in [6.45, 7) is 5.09. The van der Waals surface area contributed by atoms with E-state index in [1.807, 2.05) is 32.1 Å². The Balaban J connectivity index is 1.93. The zero-order valence-corrected chi connectivity index (χ0v) is 23.5. The maximum absolute atomic E-state index is 12.2. The minimum Gasteiger partial charge on any atom is -0.494 e. The van der Waals surface area contributed by atoms with E-state index in [-0.39, 0.29) is 11.9 Å². The second-order valence-electron chi connectivity index (χ2n) is 8.75. The van der Waals surface area contributed by atoms with Crippen LogP contribution in [0.25, 0.3) is 0 Å². The van der Waals surface area contributed by atoms with Crippen molar-refractivity contribution in [3.63, 3.8) is 0 Å². The number of anilines is 7. The molecule has 0 bridgehead atoms. The summed E-state index contributed by atoms with van der Waals surface area (Å²) in [5.74, 6) is 0.904. The van der Waals surface area contributed by atoms with E-state index in [0.29, 0.717) is 34.3 Å². The minimum atomic E-state index is -2.19. The summed E-state index contributed by atoms with van der Waals surface area (Å²) in [5.41, 5.74) is 2.98. The number of methoxy groups -OCH3 is 1. The van der Waals surface area contributed by atoms with Crippen LogP contribution in [0.4, 0.5) is 40.2 Å². The SMILES string of the molecule is C=CC(=O)Nc1cc(Nc2nccc(Nc3ccccc3N(C)S(=O)O)n2)c(OC)cc1N(C)CCN(C)C. The van der Waals surface area contributed by atoms with Crippen molar-refractivity contribution in [1.82, 2.24) is 14.9 Å². The van der Waals surface area contributed by atoms with Gasteiger partial charge in [0.15, 0.2) is 0 Å². The van der Waals surface area contributed by atoms with Crippen LogP contribution in [0.2, 0.25) is 0 Å². The first kappa shape index (κ1) is 29.4. The third-order valence-corrected chi connectivity index (χ3v) is 6.36. The standard InChI is InChI=1S/C26H34N8O4S/c1-7-25(35)29-19-16-20(23(38-6)17-22(19)33(4)15-14-32(2)3)30-26-27-13-12-24(31-26)28-18-10-8-9-11-21(18)34(5)39(36)37/h7-13,16-17H,1,14-15H2,2-6H3,(H,29,35)(H,36,37)(H2,27,28,30,31). The molecule has 0 radical (unpaired) electrons. The van der Waals surface area contributed by atoms with Gasteiger partial charge in [0.05, 0.1) is 35.5 Å². The maximum atomic E-state index is 12.2. The van der Waals surface area contributed by atoms with E-state index in [1.165, 1.54) is 17.4 Å². The summed E-state index contributed by atoms with van der Waals surface area (Å²) in [6.07, 6.45) is 2.78. The second kappa shape index (κ2) is 13.6. The molecule has 1 atom stereocenters. The highest BCUT2D eigenvalue weighted by molar-refractivity contribution is 7.80. The van der Waals surface area contributed by atoms with Gasteiger partial charge in [0, 0.05) is 39.4 Å². The predicted molar refractivity (Wildman–Crippen MR) is 158 cm³/mol. The molecule has 13 heteroatoms. The van der Waals surface area contributed by atoms with Crippen LogP contribution in [0.1, 0.15) is 0 Å². The molecule has 4 N–H and O–H groups in total. The van der Waals surface area contributed by atoms with E-state index in [4.69, 9.17) is 4.74 Å². The zero-order chi connectivity index (χ0) is 28.5. The first-order valence-electron chi connectivity index (χ1n) is 11.9. The lowest BCUT2D eigenvalue weighted by Gasteiger charge is -2.26. The van der Waals surface area contributed by atoms with Crippen molar-refractivity contribution in [2.75, 3.05) is 73.5 Å². The highest BCUT2D eigenvalue weighted by Gasteiger charge is 2.17. The molecule has 0 fully saturated rings. The molecule has 0 aliphatic rings. The molecule has 1 unspecified atom stereocenters. The number of carbonyl (C=O) groups is 1. The van der Waals surface area contributed by atoms with Gasteiger partial charge in [-0.25, -0.2) is 9.19 Å². The molecule has 2 aromatic carbocycles. The zero-order valence-electron chi connectivity index (χ0n) is 22.6. The van der Waals surface area contributed by atoms with E-state index in [1.54, 1.807) is 49.7 Å². The lowest BCUT2D eigenvalue weighted by atomic mass is 10.2. The van der Waals surface area contributed by atoms with Gasteiger partial charge >= 0.3 is 0 Å². The summed E-state index contributed by atoms with van der Waals surface area (Å²) >= 11 is -2.19. The Morgan fingerprint density at radius 3 is 2.46 bits per heavy atom. The number of para-hydroxylation sites is 2. The molecule has 1 aromatic heterocycles. The largest absolute Gasteiger partial charge is 0.494 e. The molecule has 39 heavy (non-hydrogen) atoms. The minimum absolute atomic E-state index is 0.268. The van der Waals surface area contributed by atoms with Gasteiger partial charge in [0.25, 0.3) is 11.3 Å². The van der Waals surface area contributed by atoms with Gasteiger partial charge in [-0.2, -0.15) is 4.98 Å². The fourth-order valence-electron chi connectivity index (χ4n) is 3.59. The Kier molecular flexibility index (Phi) is 10.2. The van der Waals surface area contributed by atoms with E-state index >= 15 is 0 Å². The molecule has 12 nitrogen and oxygen atoms in total. The van der Waals surface area contributed by atoms with Crippen LogP contribution in [-0.2, 0) is 16.1 Å². The fraction of sp³-hybridized carbons (Fsp3) is 0.269. The number of rotatable bonds is 13. The molecule has 0 aliphatic heterocycles. The highest BCUT2D eigenvalue weighted by Crippen LogP contribution is 2.38. The first-order valence-corrected chi connectivity index (χ1v) is 13.0. The first-order chi connectivity index (χ1) is 18.6. The molecule has 0 aliphatic carbocycles. The van der Waals surface area contributed by atoms with Crippen molar-refractivity contribution in [3.8, 4) is 5.75 Å². The summed E-state index contributed by atoms with van der Waals surface area (Å²) in [6, 6.07) is 12.3. The molecule has 3 aromatic rings. The van der Waals surface area contributed by atoms with E-state index in [9.17, 15) is 13.6 Å². The van der Waals surface area contributed by atoms with Crippen LogP contribution >= 0.6 is 0 Å². The molecular formula is C26H34N8O4S. The van der Waals surface area contributed by atoms with E-state index < -0.39 is 11.3 Å². The van der Waals surface area contributed by atoms with Crippen molar-refractivity contribution < 1.29 is 18.3 Å². The lowest BCUT2D eigenvalue weighted by molar-refractivity contribution is -0.111. The number of hydrogen-bond acceptors (Lipinski definition) is 9. The van der Waals surface area contributed by atoms with Crippen molar-refractivity contribution in [1.29, 1.82) is 0 Å². The van der Waals surface area contributed by atoms with Crippen LogP contribution in [0, 0.1) is 0 Å². The van der Waals surface area contributed by atoms with Gasteiger partial charge < -0.3 is 30.5 Å². The molecule has 0 spiro atoms. The van der Waals surface area contributed by atoms with Gasteiger partial charge in [-0.15, -0.1) is 0 Å². The van der Waals surface area contributed by atoms with Crippen molar-refractivity contribution in [3.05, 3.63) is 61.3 Å². The summed E-state index contributed by atoms with van der Waals surface area (Å²) < 4.78 is 28.0. The normalized spacial score (nSPS) is 11.5. The van der Waals surface area contributed by atoms with Gasteiger partial charge in [-0.1, -0.05) is 18.7 Å². The highest BCUT2D eigenvalue weighted by atomic mass is 32.2. The number of amides is 1. The second-order valence-corrected chi connectivity index (χ2v) is 9.76. The van der Waals surface area contributed by atoms with Crippen LogP contribution in [0.3, 0.4) is 0 Å². The third kappa shape index (κ3) is 7.89. The average Bonchev–Trinajstić information content (AvgIpc) is 2.91. The molecular weight excluding hydrogens is 520 g/mol. The lowest BCUT2D eigenvalue weighted by Crippen LogP contribution is -2.29. The number of nitrogens with one attached hydrogen (secondary N) is 3. The number of aromatic nitrogens is 2. The predicted octanol–water partition coefficient (Wildman–Crippen LogP) is 3.67. The van der Waals surface area contributed by atoms with E-state index in [0.717, 1.165) is 18.8 Å². The topological polar surface area (TPSA) is 135 Å². The van der Waals surface area contributed by atoms with Crippen LogP contribution in [-0.4, -0.2) is 77.9 Å². The van der Waals surface area contributed by atoms with Gasteiger partial charge in [0.1, 0.15) is 11.6 Å². The molecule has 1 amide bonds. The van der Waals surface area contributed by atoms with Crippen LogP contribution < -0.4 is 29.9 Å². The van der Waals surface area contributed by atoms with E-state index in [2.05, 4.69) is 37.4 Å². The van der Waals surface area contributed by atoms with Gasteiger partial charge in [-0.05, 0) is 44.4 Å². The number of hydrogen-bond donors (Lipinski definition) is 4. The summed E-state index contributed by atoms with van der Waals surface area (Å²) in [4.78, 5) is 25.2. The van der Waals surface area contributed by atoms with Crippen molar-refractivity contribution in [2.45, 2.75) is 0 Å². The molecule has 0 saturated carbocycles. The van der Waals surface area contributed by atoms with Crippen LogP contribution in [0.15, 0.2) is 61.3 Å². The number of nitrogens with zero attached hydrogens (tertiary/aromatic N) is 5. The Bertz CT molecular complexity index is 1340. The van der Waals surface area contributed by atoms with Crippen molar-refractivity contribution >= 4 is 57.4 Å². The number of carbonyl (C=O) groups excluding carboxylic acids is 1.